The Kier molecular flexibility index (Phi) is 3.34. The van der Waals surface area contributed by atoms with Crippen LogP contribution in [0.3, 0.4) is 0 Å². The molecular formula is C12H24N2S. The Morgan fingerprint density at radius 2 is 2.07 bits per heavy atom. The molecule has 15 heavy (non-hydrogen) atoms. The van der Waals surface area contributed by atoms with Gasteiger partial charge < -0.3 is 5.73 Å². The van der Waals surface area contributed by atoms with Crippen LogP contribution in [0.4, 0.5) is 0 Å². The molecule has 1 aliphatic carbocycles. The smallest absolute Gasteiger partial charge is 0.0283 e. The normalized spacial score (nSPS) is 37.6. The van der Waals surface area contributed by atoms with E-state index in [1.54, 1.807) is 0 Å². The lowest BCUT2D eigenvalue weighted by molar-refractivity contribution is 0.160. The molecule has 1 saturated heterocycles. The maximum absolute atomic E-state index is 6.41. The molecule has 2 N–H and O–H groups in total. The lowest BCUT2D eigenvalue weighted by Gasteiger charge is -2.41. The topological polar surface area (TPSA) is 29.3 Å². The van der Waals surface area contributed by atoms with E-state index in [0.717, 1.165) is 17.7 Å². The van der Waals surface area contributed by atoms with Crippen molar-refractivity contribution in [2.75, 3.05) is 18.8 Å². The van der Waals surface area contributed by atoms with E-state index in [4.69, 9.17) is 5.73 Å². The molecule has 0 bridgehead atoms. The van der Waals surface area contributed by atoms with Crippen LogP contribution in [0.5, 0.6) is 0 Å². The van der Waals surface area contributed by atoms with Gasteiger partial charge in [-0.25, -0.2) is 0 Å². The van der Waals surface area contributed by atoms with E-state index in [9.17, 15) is 0 Å². The number of hydrogen-bond donors (Lipinski definition) is 1. The molecule has 3 heteroatoms. The van der Waals surface area contributed by atoms with E-state index in [1.807, 2.05) is 0 Å². The third kappa shape index (κ3) is 2.69. The van der Waals surface area contributed by atoms with Crippen LogP contribution in [0.1, 0.15) is 33.6 Å². The van der Waals surface area contributed by atoms with Crippen molar-refractivity contribution in [2.45, 2.75) is 50.4 Å². The molecule has 2 aliphatic rings. The molecule has 2 rings (SSSR count). The van der Waals surface area contributed by atoms with Crippen LogP contribution in [0.25, 0.3) is 0 Å². The van der Waals surface area contributed by atoms with E-state index in [1.165, 1.54) is 25.1 Å². The zero-order valence-electron chi connectivity index (χ0n) is 10.2. The number of nitrogens with zero attached hydrogens (tertiary/aromatic N) is 1. The van der Waals surface area contributed by atoms with Gasteiger partial charge in [0.15, 0.2) is 0 Å². The van der Waals surface area contributed by atoms with Crippen LogP contribution in [0.2, 0.25) is 0 Å². The van der Waals surface area contributed by atoms with Gasteiger partial charge in [0, 0.05) is 35.7 Å². The second-order valence-electron chi connectivity index (χ2n) is 5.57. The van der Waals surface area contributed by atoms with Crippen molar-refractivity contribution >= 4 is 11.8 Å². The van der Waals surface area contributed by atoms with Crippen molar-refractivity contribution in [1.82, 2.24) is 4.90 Å². The van der Waals surface area contributed by atoms with Crippen molar-refractivity contribution < 1.29 is 0 Å². The number of thioether (sulfide) groups is 1. The third-order valence-corrected chi connectivity index (χ3v) is 5.41. The molecule has 2 nitrogen and oxygen atoms in total. The maximum atomic E-state index is 6.41. The fraction of sp³-hybridized carbons (Fsp3) is 1.00. The Morgan fingerprint density at radius 1 is 1.40 bits per heavy atom. The molecule has 0 radical (unpaired) electrons. The van der Waals surface area contributed by atoms with E-state index < -0.39 is 0 Å². The fourth-order valence-corrected chi connectivity index (χ4v) is 3.69. The molecule has 0 aromatic carbocycles. The zero-order chi connectivity index (χ0) is 11.1. The van der Waals surface area contributed by atoms with Gasteiger partial charge in [-0.2, -0.15) is 11.8 Å². The Hall–Kier alpha value is 0.270. The highest BCUT2D eigenvalue weighted by Crippen LogP contribution is 2.39. The predicted octanol–water partition coefficient (Wildman–Crippen LogP) is 1.94. The molecular weight excluding hydrogens is 204 g/mol. The van der Waals surface area contributed by atoms with Crippen molar-refractivity contribution in [3.05, 3.63) is 0 Å². The van der Waals surface area contributed by atoms with Crippen LogP contribution in [-0.4, -0.2) is 40.6 Å². The minimum atomic E-state index is 0.0516. The summed E-state index contributed by atoms with van der Waals surface area (Å²) in [4.78, 5) is 2.60. The van der Waals surface area contributed by atoms with Gasteiger partial charge >= 0.3 is 0 Å². The number of hydrogen-bond acceptors (Lipinski definition) is 3. The Bertz CT molecular complexity index is 226. The Labute approximate surface area is 98.0 Å². The summed E-state index contributed by atoms with van der Waals surface area (Å²) in [6.07, 6.45) is 2.69. The Balaban J connectivity index is 1.92. The molecule has 88 valence electrons. The fourth-order valence-electron chi connectivity index (χ4n) is 2.53. The van der Waals surface area contributed by atoms with Crippen LogP contribution < -0.4 is 5.73 Å². The number of nitrogens with two attached hydrogens (primary N) is 1. The summed E-state index contributed by atoms with van der Waals surface area (Å²) in [7, 11) is 0. The van der Waals surface area contributed by atoms with E-state index in [0.29, 0.717) is 6.04 Å². The highest BCUT2D eigenvalue weighted by Gasteiger charge is 2.41. The minimum Gasteiger partial charge on any atom is -0.324 e. The van der Waals surface area contributed by atoms with E-state index >= 15 is 0 Å². The van der Waals surface area contributed by atoms with Crippen LogP contribution in [0, 0.1) is 5.92 Å². The highest BCUT2D eigenvalue weighted by atomic mass is 32.2. The number of rotatable bonds is 3. The van der Waals surface area contributed by atoms with Gasteiger partial charge in [0.25, 0.3) is 0 Å². The summed E-state index contributed by atoms with van der Waals surface area (Å²) >= 11 is 2.10. The largest absolute Gasteiger partial charge is 0.324 e. The summed E-state index contributed by atoms with van der Waals surface area (Å²) in [5.41, 5.74) is 6.46. The van der Waals surface area contributed by atoms with Crippen LogP contribution in [-0.2, 0) is 0 Å². The van der Waals surface area contributed by atoms with Gasteiger partial charge in [-0.15, -0.1) is 0 Å². The lowest BCUT2D eigenvalue weighted by atomic mass is 9.95. The van der Waals surface area contributed by atoms with E-state index in [2.05, 4.69) is 37.4 Å². The summed E-state index contributed by atoms with van der Waals surface area (Å²) in [5.74, 6) is 2.06. The van der Waals surface area contributed by atoms with Gasteiger partial charge in [0.1, 0.15) is 0 Å². The average Bonchev–Trinajstić information content (AvgIpc) is 2.95. The quantitative estimate of drug-likeness (QED) is 0.800. The first-order chi connectivity index (χ1) is 7.00. The monoisotopic (exact) mass is 228 g/mol. The first kappa shape index (κ1) is 11.7. The third-order valence-electron chi connectivity index (χ3n) is 4.07. The molecule has 0 spiro atoms. The molecule has 0 amide bonds. The molecule has 3 atom stereocenters. The molecule has 2 fully saturated rings. The second kappa shape index (κ2) is 4.27. The lowest BCUT2D eigenvalue weighted by Crippen LogP contribution is -2.55. The van der Waals surface area contributed by atoms with Crippen molar-refractivity contribution in [3.63, 3.8) is 0 Å². The second-order valence-corrected chi connectivity index (χ2v) is 7.05. The first-order valence-corrected chi connectivity index (χ1v) is 7.20. The maximum Gasteiger partial charge on any atom is 0.0283 e. The summed E-state index contributed by atoms with van der Waals surface area (Å²) < 4.78 is 0. The summed E-state index contributed by atoms with van der Waals surface area (Å²) in [5, 5.41) is 0.758. The van der Waals surface area contributed by atoms with Crippen molar-refractivity contribution in [2.24, 2.45) is 11.7 Å². The molecule has 0 aromatic heterocycles. The standard InChI is InChI=1S/C12H24N2S/c1-9-10(2)15-7-6-14(9)8-12(3,13)11-4-5-11/h9-11H,4-8,13H2,1-3H3. The van der Waals surface area contributed by atoms with Gasteiger partial charge in [0.05, 0.1) is 0 Å². The van der Waals surface area contributed by atoms with Crippen molar-refractivity contribution in [3.8, 4) is 0 Å². The highest BCUT2D eigenvalue weighted by molar-refractivity contribution is 8.00. The van der Waals surface area contributed by atoms with Gasteiger partial charge in [0.2, 0.25) is 0 Å². The zero-order valence-corrected chi connectivity index (χ0v) is 11.0. The summed E-state index contributed by atoms with van der Waals surface area (Å²) in [6.45, 7) is 9.23. The summed E-state index contributed by atoms with van der Waals surface area (Å²) in [6, 6.07) is 0.686. The van der Waals surface area contributed by atoms with Gasteiger partial charge in [-0.05, 0) is 32.6 Å². The SMILES string of the molecule is CC1SCCN(CC(C)(N)C2CC2)C1C. The molecule has 1 saturated carbocycles. The predicted molar refractivity (Wildman–Crippen MR) is 68.3 cm³/mol. The molecule has 3 unspecified atom stereocenters. The van der Waals surface area contributed by atoms with Gasteiger partial charge in [-0.3, -0.25) is 4.90 Å². The first-order valence-electron chi connectivity index (χ1n) is 6.15. The van der Waals surface area contributed by atoms with E-state index in [-0.39, 0.29) is 5.54 Å². The Morgan fingerprint density at radius 3 is 2.67 bits per heavy atom. The average molecular weight is 228 g/mol. The van der Waals surface area contributed by atoms with Crippen molar-refractivity contribution in [1.29, 1.82) is 0 Å². The molecule has 1 heterocycles. The molecule has 0 aromatic rings. The van der Waals surface area contributed by atoms with Crippen LogP contribution >= 0.6 is 11.8 Å². The van der Waals surface area contributed by atoms with Gasteiger partial charge in [-0.1, -0.05) is 6.92 Å². The molecule has 1 aliphatic heterocycles. The minimum absolute atomic E-state index is 0.0516. The van der Waals surface area contributed by atoms with Crippen LogP contribution in [0.15, 0.2) is 0 Å².